The number of rotatable bonds is 4. The van der Waals surface area contributed by atoms with Crippen molar-refractivity contribution in [2.45, 2.75) is 24.9 Å². The minimum absolute atomic E-state index is 0.0539. The molecule has 148 valence electrons. The maximum atomic E-state index is 13.5. The van der Waals surface area contributed by atoms with Gasteiger partial charge in [-0.2, -0.15) is 13.2 Å². The van der Waals surface area contributed by atoms with Crippen molar-refractivity contribution in [3.05, 3.63) is 35.4 Å². The van der Waals surface area contributed by atoms with Gasteiger partial charge in [0.15, 0.2) is 0 Å². The molecule has 1 saturated heterocycles. The molecule has 1 aliphatic rings. The van der Waals surface area contributed by atoms with Crippen molar-refractivity contribution in [1.82, 2.24) is 10.6 Å². The van der Waals surface area contributed by atoms with Gasteiger partial charge in [-0.1, -0.05) is 12.1 Å². The van der Waals surface area contributed by atoms with Gasteiger partial charge in [0, 0.05) is 0 Å². The normalized spacial score (nSPS) is 25.2. The Morgan fingerprint density at radius 2 is 1.85 bits per heavy atom. The van der Waals surface area contributed by atoms with Gasteiger partial charge >= 0.3 is 24.1 Å². The van der Waals surface area contributed by atoms with Crippen molar-refractivity contribution in [2.24, 2.45) is 5.92 Å². The Balaban J connectivity index is 2.51. The van der Waals surface area contributed by atoms with Crippen LogP contribution < -0.4 is 10.6 Å². The number of hydrogen-bond acceptors (Lipinski definition) is 6. The van der Waals surface area contributed by atoms with Gasteiger partial charge in [-0.05, 0) is 24.6 Å². The average molecular weight is 390 g/mol. The molecule has 2 rings (SSSR count). The first-order valence-electron chi connectivity index (χ1n) is 7.77. The highest BCUT2D eigenvalue weighted by atomic mass is 19.4. The molecule has 0 aliphatic carbocycles. The Bertz CT molecular complexity index is 737. The number of methoxy groups -OCH3 is 1. The zero-order valence-electron chi connectivity index (χ0n) is 14.3. The lowest BCUT2D eigenvalue weighted by Crippen LogP contribution is -2.73. The van der Waals surface area contributed by atoms with E-state index in [1.165, 1.54) is 36.5 Å². The van der Waals surface area contributed by atoms with Gasteiger partial charge in [-0.25, -0.2) is 9.59 Å². The first-order chi connectivity index (χ1) is 12.5. The summed E-state index contributed by atoms with van der Waals surface area (Å²) in [4.78, 5) is 35.5. The molecule has 1 aliphatic heterocycles. The number of aliphatic hydroxyl groups is 1. The van der Waals surface area contributed by atoms with Crippen LogP contribution in [0.3, 0.4) is 0 Å². The summed E-state index contributed by atoms with van der Waals surface area (Å²) < 4.78 is 49.7. The quantitative estimate of drug-likeness (QED) is 0.667. The van der Waals surface area contributed by atoms with Gasteiger partial charge in [-0.3, -0.25) is 4.79 Å². The van der Waals surface area contributed by atoms with E-state index in [1.54, 1.807) is 0 Å². The summed E-state index contributed by atoms with van der Waals surface area (Å²) in [7, 11) is 1.16. The highest BCUT2D eigenvalue weighted by Crippen LogP contribution is 2.43. The van der Waals surface area contributed by atoms with Gasteiger partial charge in [-0.15, -0.1) is 0 Å². The topological polar surface area (TPSA) is 114 Å². The van der Waals surface area contributed by atoms with E-state index in [2.05, 4.69) is 14.8 Å². The van der Waals surface area contributed by atoms with Crippen molar-refractivity contribution in [2.75, 3.05) is 13.7 Å². The van der Waals surface area contributed by atoms with Crippen LogP contribution in [0, 0.1) is 5.92 Å². The number of carbonyl (C=O) groups is 3. The molecule has 27 heavy (non-hydrogen) atoms. The molecule has 2 amide bonds. The smallest absolute Gasteiger partial charge is 0.437 e. The molecule has 3 atom stereocenters. The number of carbonyl (C=O) groups excluding carboxylic acids is 3. The molecule has 1 heterocycles. The second-order valence-corrected chi connectivity index (χ2v) is 5.68. The first-order valence-corrected chi connectivity index (χ1v) is 7.77. The molecule has 1 aromatic carbocycles. The minimum Gasteiger partial charge on any atom is -0.466 e. The number of halogens is 3. The Hall–Kier alpha value is -2.82. The van der Waals surface area contributed by atoms with Crippen molar-refractivity contribution >= 4 is 18.0 Å². The minimum atomic E-state index is -5.35. The Labute approximate surface area is 151 Å². The zero-order chi connectivity index (χ0) is 20.4. The van der Waals surface area contributed by atoms with Crippen LogP contribution in [0.1, 0.15) is 28.9 Å². The number of hydrogen-bond donors (Lipinski definition) is 3. The third-order valence-corrected chi connectivity index (χ3v) is 4.04. The molecule has 0 saturated carbocycles. The molecule has 0 aromatic heterocycles. The van der Waals surface area contributed by atoms with Gasteiger partial charge in [0.05, 0.1) is 25.3 Å². The summed E-state index contributed by atoms with van der Waals surface area (Å²) in [5, 5.41) is 13.7. The van der Waals surface area contributed by atoms with Crippen LogP contribution in [-0.4, -0.2) is 48.7 Å². The molecular formula is C16H17F3N2O6. The molecule has 8 nitrogen and oxygen atoms in total. The van der Waals surface area contributed by atoms with E-state index in [1.807, 2.05) is 0 Å². The SMILES string of the molecule is CCOC(=O)[C@@H]1[C@@H](c2ccc(C(=O)OC)cc2)NC(=O)N[C@]1(O)C(F)(F)F. The fourth-order valence-corrected chi connectivity index (χ4v) is 2.76. The van der Waals surface area contributed by atoms with Crippen LogP contribution >= 0.6 is 0 Å². The predicted molar refractivity (Wildman–Crippen MR) is 83.3 cm³/mol. The number of nitrogens with one attached hydrogen (secondary N) is 2. The lowest BCUT2D eigenvalue weighted by Gasteiger charge is -2.44. The number of amides is 2. The highest BCUT2D eigenvalue weighted by molar-refractivity contribution is 5.89. The lowest BCUT2D eigenvalue weighted by molar-refractivity contribution is -0.294. The Kier molecular flexibility index (Phi) is 5.64. The number of urea groups is 1. The van der Waals surface area contributed by atoms with Crippen LogP contribution in [0.4, 0.5) is 18.0 Å². The van der Waals surface area contributed by atoms with Gasteiger partial charge in [0.1, 0.15) is 5.92 Å². The fourth-order valence-electron chi connectivity index (χ4n) is 2.76. The number of alkyl halides is 3. The van der Waals surface area contributed by atoms with E-state index in [0.29, 0.717) is 0 Å². The zero-order valence-corrected chi connectivity index (χ0v) is 14.3. The largest absolute Gasteiger partial charge is 0.466 e. The summed E-state index contributed by atoms with van der Waals surface area (Å²) >= 11 is 0. The molecule has 0 spiro atoms. The molecule has 11 heteroatoms. The molecule has 1 aromatic rings. The molecule has 1 fully saturated rings. The maximum absolute atomic E-state index is 13.5. The first kappa shape index (κ1) is 20.5. The molecule has 0 bridgehead atoms. The van der Waals surface area contributed by atoms with Crippen LogP contribution in [0.2, 0.25) is 0 Å². The summed E-state index contributed by atoms with van der Waals surface area (Å²) in [5.74, 6) is -4.25. The van der Waals surface area contributed by atoms with E-state index in [-0.39, 0.29) is 17.7 Å². The van der Waals surface area contributed by atoms with Crippen molar-refractivity contribution in [3.63, 3.8) is 0 Å². The summed E-state index contributed by atoms with van der Waals surface area (Å²) in [6, 6.07) is 2.11. The van der Waals surface area contributed by atoms with Crippen molar-refractivity contribution < 1.29 is 42.1 Å². The van der Waals surface area contributed by atoms with E-state index in [0.717, 1.165) is 7.11 Å². The van der Waals surface area contributed by atoms with Gasteiger partial charge < -0.3 is 25.2 Å². The second kappa shape index (κ2) is 7.43. The lowest BCUT2D eigenvalue weighted by atomic mass is 9.82. The maximum Gasteiger partial charge on any atom is 0.437 e. The Morgan fingerprint density at radius 3 is 2.33 bits per heavy atom. The molecular weight excluding hydrogens is 373 g/mol. The van der Waals surface area contributed by atoms with Crippen LogP contribution in [0.5, 0.6) is 0 Å². The average Bonchev–Trinajstić information content (AvgIpc) is 2.59. The summed E-state index contributed by atoms with van der Waals surface area (Å²) in [6.07, 6.45) is -5.35. The number of benzene rings is 1. The van der Waals surface area contributed by atoms with Crippen LogP contribution in [0.15, 0.2) is 24.3 Å². The van der Waals surface area contributed by atoms with Crippen LogP contribution in [0.25, 0.3) is 0 Å². The van der Waals surface area contributed by atoms with E-state index in [4.69, 9.17) is 0 Å². The third-order valence-electron chi connectivity index (χ3n) is 4.04. The van der Waals surface area contributed by atoms with E-state index < -0.39 is 41.8 Å². The van der Waals surface area contributed by atoms with Crippen molar-refractivity contribution in [3.8, 4) is 0 Å². The molecule has 0 unspecified atom stereocenters. The summed E-state index contributed by atoms with van der Waals surface area (Å²) in [5.41, 5.74) is -3.67. The highest BCUT2D eigenvalue weighted by Gasteiger charge is 2.67. The Morgan fingerprint density at radius 1 is 1.26 bits per heavy atom. The number of esters is 2. The predicted octanol–water partition coefficient (Wildman–Crippen LogP) is 1.26. The summed E-state index contributed by atoms with van der Waals surface area (Å²) in [6.45, 7) is 1.16. The number of ether oxygens (including phenoxy) is 2. The van der Waals surface area contributed by atoms with Gasteiger partial charge in [0.25, 0.3) is 5.72 Å². The molecule has 0 radical (unpaired) electrons. The van der Waals surface area contributed by atoms with Crippen LogP contribution in [-0.2, 0) is 14.3 Å². The monoisotopic (exact) mass is 390 g/mol. The third kappa shape index (κ3) is 3.82. The van der Waals surface area contributed by atoms with Crippen molar-refractivity contribution in [1.29, 1.82) is 0 Å². The van der Waals surface area contributed by atoms with E-state index in [9.17, 15) is 32.7 Å². The van der Waals surface area contributed by atoms with Gasteiger partial charge in [0.2, 0.25) is 0 Å². The standard InChI is InChI=1S/C16H17F3N2O6/c1-3-27-13(23)10-11(8-4-6-9(7-5-8)12(22)26-2)20-14(24)21-15(10,25)16(17,18)19/h4-7,10-11,25H,3H2,1-2H3,(H2,20,21,24)/t10-,11+,15+/m0/s1. The fraction of sp³-hybridized carbons (Fsp3) is 0.438. The second-order valence-electron chi connectivity index (χ2n) is 5.68. The van der Waals surface area contributed by atoms with E-state index >= 15 is 0 Å². The molecule has 3 N–H and O–H groups in total.